The molecule has 1 atom stereocenters. The van der Waals surface area contributed by atoms with Gasteiger partial charge in [0.2, 0.25) is 0 Å². The molecule has 1 saturated carbocycles. The van der Waals surface area contributed by atoms with Crippen LogP contribution in [0.25, 0.3) is 21.5 Å². The number of imidazole rings is 1. The molecule has 1 aliphatic rings. The van der Waals surface area contributed by atoms with Crippen LogP contribution in [-0.2, 0) is 0 Å². The van der Waals surface area contributed by atoms with Gasteiger partial charge in [0.05, 0.1) is 23.6 Å². The molecule has 5 nitrogen and oxygen atoms in total. The molecular formula is C20H19N5S. The van der Waals surface area contributed by atoms with Crippen LogP contribution in [0.3, 0.4) is 0 Å². The molecule has 0 aliphatic heterocycles. The maximum atomic E-state index is 4.41. The van der Waals surface area contributed by atoms with Gasteiger partial charge in [-0.05, 0) is 42.3 Å². The Bertz CT molecular complexity index is 1050. The summed E-state index contributed by atoms with van der Waals surface area (Å²) in [5.41, 5.74) is 3.65. The van der Waals surface area contributed by atoms with Gasteiger partial charge in [-0.1, -0.05) is 24.3 Å². The average Bonchev–Trinajstić information content (AvgIpc) is 3.19. The summed E-state index contributed by atoms with van der Waals surface area (Å²) in [6.07, 6.45) is 8.06. The van der Waals surface area contributed by atoms with Crippen LogP contribution in [0.5, 0.6) is 0 Å². The first-order chi connectivity index (χ1) is 12.8. The first-order valence-corrected chi connectivity index (χ1v) is 9.74. The smallest absolute Gasteiger partial charge is 0.138 e. The van der Waals surface area contributed by atoms with Gasteiger partial charge in [0.1, 0.15) is 17.0 Å². The molecule has 1 aromatic carbocycles. The van der Waals surface area contributed by atoms with E-state index in [9.17, 15) is 0 Å². The minimum atomic E-state index is 0.162. The first-order valence-electron chi connectivity index (χ1n) is 8.86. The van der Waals surface area contributed by atoms with Crippen LogP contribution in [0.4, 0.5) is 5.82 Å². The van der Waals surface area contributed by atoms with Crippen LogP contribution in [-0.4, -0.2) is 19.5 Å². The lowest BCUT2D eigenvalue weighted by Gasteiger charge is -2.16. The van der Waals surface area contributed by atoms with Crippen molar-refractivity contribution in [1.29, 1.82) is 0 Å². The molecule has 0 bridgehead atoms. The number of hydrogen-bond donors (Lipinski definition) is 1. The van der Waals surface area contributed by atoms with Crippen LogP contribution in [0.2, 0.25) is 0 Å². The third-order valence-electron chi connectivity index (χ3n) is 4.93. The van der Waals surface area contributed by atoms with Crippen LogP contribution in [0.1, 0.15) is 37.4 Å². The third kappa shape index (κ3) is 2.76. The Morgan fingerprint density at radius 2 is 2.00 bits per heavy atom. The SMILES string of the molecule is CC(Nc1ncnc2sccc12)c1ccc(-c2cncn2C2CC2)cc1. The molecule has 6 heteroatoms. The third-order valence-corrected chi connectivity index (χ3v) is 5.75. The normalized spacial score (nSPS) is 15.3. The van der Waals surface area contributed by atoms with E-state index in [1.165, 1.54) is 29.7 Å². The summed E-state index contributed by atoms with van der Waals surface area (Å²) in [6.45, 7) is 2.16. The summed E-state index contributed by atoms with van der Waals surface area (Å²) in [7, 11) is 0. The van der Waals surface area contributed by atoms with Crippen LogP contribution < -0.4 is 5.32 Å². The van der Waals surface area contributed by atoms with E-state index in [0.29, 0.717) is 6.04 Å². The van der Waals surface area contributed by atoms with Gasteiger partial charge in [0.25, 0.3) is 0 Å². The fraction of sp³-hybridized carbons (Fsp3) is 0.250. The number of thiophene rings is 1. The summed E-state index contributed by atoms with van der Waals surface area (Å²) in [5, 5.41) is 6.65. The molecule has 1 unspecified atom stereocenters. The van der Waals surface area contributed by atoms with E-state index in [1.807, 2.05) is 17.9 Å². The Hall–Kier alpha value is -2.73. The lowest BCUT2D eigenvalue weighted by Crippen LogP contribution is -2.08. The zero-order valence-corrected chi connectivity index (χ0v) is 15.3. The molecule has 0 amide bonds. The minimum absolute atomic E-state index is 0.162. The van der Waals surface area contributed by atoms with E-state index in [0.717, 1.165) is 16.0 Å². The van der Waals surface area contributed by atoms with Gasteiger partial charge in [-0.15, -0.1) is 11.3 Å². The van der Waals surface area contributed by atoms with Gasteiger partial charge in [0.15, 0.2) is 0 Å². The van der Waals surface area contributed by atoms with E-state index in [2.05, 4.69) is 62.1 Å². The number of benzene rings is 1. The van der Waals surface area contributed by atoms with Crippen molar-refractivity contribution in [2.75, 3.05) is 5.32 Å². The second-order valence-electron chi connectivity index (χ2n) is 6.77. The molecule has 3 aromatic heterocycles. The van der Waals surface area contributed by atoms with Crippen molar-refractivity contribution in [3.63, 3.8) is 0 Å². The molecule has 0 spiro atoms. The molecule has 0 saturated heterocycles. The highest BCUT2D eigenvalue weighted by Gasteiger charge is 2.25. The van der Waals surface area contributed by atoms with Gasteiger partial charge in [-0.3, -0.25) is 0 Å². The zero-order chi connectivity index (χ0) is 17.5. The largest absolute Gasteiger partial charge is 0.363 e. The van der Waals surface area contributed by atoms with Gasteiger partial charge in [-0.2, -0.15) is 0 Å². The molecule has 130 valence electrons. The maximum absolute atomic E-state index is 4.41. The molecule has 4 aromatic rings. The molecule has 1 fully saturated rings. The number of anilines is 1. The summed E-state index contributed by atoms with van der Waals surface area (Å²) in [6, 6.07) is 11.6. The lowest BCUT2D eigenvalue weighted by atomic mass is 10.0. The summed E-state index contributed by atoms with van der Waals surface area (Å²) in [5.74, 6) is 0.889. The second kappa shape index (κ2) is 6.21. The molecule has 26 heavy (non-hydrogen) atoms. The van der Waals surface area contributed by atoms with Crippen molar-refractivity contribution in [2.45, 2.75) is 31.8 Å². The summed E-state index contributed by atoms with van der Waals surface area (Å²) >= 11 is 1.63. The van der Waals surface area contributed by atoms with Crippen LogP contribution >= 0.6 is 11.3 Å². The quantitative estimate of drug-likeness (QED) is 0.540. The fourth-order valence-corrected chi connectivity index (χ4v) is 4.04. The standard InChI is InChI=1S/C20H19N5S/c1-13(24-19-17-8-9-26-20(17)23-11-22-19)14-2-4-15(5-3-14)18-10-21-12-25(18)16-6-7-16/h2-5,8-13,16H,6-7H2,1H3,(H,22,23,24). The first kappa shape index (κ1) is 15.5. The van der Waals surface area contributed by atoms with E-state index < -0.39 is 0 Å². The van der Waals surface area contributed by atoms with Gasteiger partial charge in [-0.25, -0.2) is 15.0 Å². The van der Waals surface area contributed by atoms with E-state index in [4.69, 9.17) is 0 Å². The number of nitrogens with zero attached hydrogens (tertiary/aromatic N) is 4. The lowest BCUT2D eigenvalue weighted by molar-refractivity contribution is 0.748. The molecule has 5 rings (SSSR count). The Labute approximate surface area is 155 Å². The number of fused-ring (bicyclic) bond motifs is 1. The molecule has 1 aliphatic carbocycles. The Morgan fingerprint density at radius 3 is 2.81 bits per heavy atom. The highest BCUT2D eigenvalue weighted by atomic mass is 32.1. The van der Waals surface area contributed by atoms with Gasteiger partial charge >= 0.3 is 0 Å². The number of nitrogens with one attached hydrogen (secondary N) is 1. The topological polar surface area (TPSA) is 55.6 Å². The predicted molar refractivity (Wildman–Crippen MR) is 105 cm³/mol. The van der Waals surface area contributed by atoms with Gasteiger partial charge < -0.3 is 9.88 Å². The van der Waals surface area contributed by atoms with E-state index >= 15 is 0 Å². The van der Waals surface area contributed by atoms with E-state index in [1.54, 1.807) is 17.7 Å². The molecule has 0 radical (unpaired) electrons. The molecule has 1 N–H and O–H groups in total. The Balaban J connectivity index is 1.38. The van der Waals surface area contributed by atoms with Crippen LogP contribution in [0.15, 0.2) is 54.6 Å². The molecular weight excluding hydrogens is 342 g/mol. The minimum Gasteiger partial charge on any atom is -0.363 e. The molecule has 3 heterocycles. The van der Waals surface area contributed by atoms with E-state index in [-0.39, 0.29) is 6.04 Å². The fourth-order valence-electron chi connectivity index (χ4n) is 3.31. The number of aromatic nitrogens is 4. The van der Waals surface area contributed by atoms with Crippen molar-refractivity contribution in [1.82, 2.24) is 19.5 Å². The van der Waals surface area contributed by atoms with Gasteiger partial charge in [0, 0.05) is 12.1 Å². The monoisotopic (exact) mass is 361 g/mol. The highest BCUT2D eigenvalue weighted by molar-refractivity contribution is 7.16. The Morgan fingerprint density at radius 1 is 1.15 bits per heavy atom. The summed E-state index contributed by atoms with van der Waals surface area (Å²) < 4.78 is 2.30. The van der Waals surface area contributed by atoms with Crippen molar-refractivity contribution >= 4 is 27.4 Å². The van der Waals surface area contributed by atoms with Crippen molar-refractivity contribution in [3.8, 4) is 11.3 Å². The maximum Gasteiger partial charge on any atom is 0.138 e. The number of hydrogen-bond acceptors (Lipinski definition) is 5. The zero-order valence-electron chi connectivity index (χ0n) is 14.5. The van der Waals surface area contributed by atoms with Crippen molar-refractivity contribution in [3.05, 3.63) is 60.1 Å². The predicted octanol–water partition coefficient (Wildman–Crippen LogP) is 5.06. The van der Waals surface area contributed by atoms with Crippen molar-refractivity contribution < 1.29 is 0 Å². The highest BCUT2D eigenvalue weighted by Crippen LogP contribution is 2.38. The second-order valence-corrected chi connectivity index (χ2v) is 7.66. The Kier molecular flexibility index (Phi) is 3.71. The van der Waals surface area contributed by atoms with Crippen LogP contribution in [0, 0.1) is 0 Å². The number of rotatable bonds is 5. The summed E-state index contributed by atoms with van der Waals surface area (Å²) in [4.78, 5) is 14.1. The van der Waals surface area contributed by atoms with Crippen molar-refractivity contribution in [2.24, 2.45) is 0 Å². The average molecular weight is 361 g/mol.